The van der Waals surface area contributed by atoms with Gasteiger partial charge in [0.05, 0.1) is 0 Å². The molecule has 7 heteroatoms. The minimum atomic E-state index is -0.466. The lowest BCUT2D eigenvalue weighted by atomic mass is 10.1. The van der Waals surface area contributed by atoms with Crippen molar-refractivity contribution in [1.29, 1.82) is 0 Å². The Kier molecular flexibility index (Phi) is 7.70. The number of carbonyl (C=O) groups excluding carboxylic acids is 3. The number of aryl methyl sites for hydroxylation is 1. The maximum absolute atomic E-state index is 13.0. The number of para-hydroxylation sites is 1. The van der Waals surface area contributed by atoms with Crippen molar-refractivity contribution in [2.45, 2.75) is 26.3 Å². The molecule has 164 valence electrons. The van der Waals surface area contributed by atoms with Crippen LogP contribution in [0, 0.1) is 5.82 Å². The SMILES string of the molecule is CC(=O)Oc1cccc(C(=O)NCc2ccccc2NC(=O)CCc2ccc(F)cc2)c1. The van der Waals surface area contributed by atoms with Crippen LogP contribution in [-0.2, 0) is 22.6 Å². The molecule has 3 aromatic carbocycles. The van der Waals surface area contributed by atoms with E-state index in [1.807, 2.05) is 12.1 Å². The maximum atomic E-state index is 13.0. The van der Waals surface area contributed by atoms with Crippen molar-refractivity contribution in [2.24, 2.45) is 0 Å². The van der Waals surface area contributed by atoms with Crippen LogP contribution in [0.15, 0.2) is 72.8 Å². The summed E-state index contributed by atoms with van der Waals surface area (Å²) in [6, 6.07) is 19.6. The predicted octanol–water partition coefficient (Wildman–Crippen LogP) is 4.25. The molecule has 2 N–H and O–H groups in total. The summed E-state index contributed by atoms with van der Waals surface area (Å²) in [5.74, 6) is -1.00. The Bertz CT molecular complexity index is 1110. The highest BCUT2D eigenvalue weighted by molar-refractivity contribution is 5.95. The normalized spacial score (nSPS) is 10.3. The van der Waals surface area contributed by atoms with Crippen molar-refractivity contribution >= 4 is 23.5 Å². The lowest BCUT2D eigenvalue weighted by Crippen LogP contribution is -2.24. The third-order valence-corrected chi connectivity index (χ3v) is 4.64. The number of nitrogens with one attached hydrogen (secondary N) is 2. The minimum absolute atomic E-state index is 0.179. The molecule has 0 spiro atoms. The molecule has 3 aromatic rings. The molecule has 0 bridgehead atoms. The van der Waals surface area contributed by atoms with Crippen LogP contribution < -0.4 is 15.4 Å². The molecular formula is C25H23FN2O4. The summed E-state index contributed by atoms with van der Waals surface area (Å²) in [6.07, 6.45) is 0.735. The van der Waals surface area contributed by atoms with Gasteiger partial charge >= 0.3 is 5.97 Å². The van der Waals surface area contributed by atoms with E-state index >= 15 is 0 Å². The standard InChI is InChI=1S/C25H23FN2O4/c1-17(29)32-22-7-4-6-19(15-22)25(31)27-16-20-5-2-3-8-23(20)28-24(30)14-11-18-9-12-21(26)13-10-18/h2-10,12-13,15H,11,14,16H2,1H3,(H,27,31)(H,28,30). The maximum Gasteiger partial charge on any atom is 0.308 e. The number of benzene rings is 3. The molecule has 0 fully saturated rings. The highest BCUT2D eigenvalue weighted by Gasteiger charge is 2.11. The Morgan fingerprint density at radius 2 is 1.69 bits per heavy atom. The number of esters is 1. The van der Waals surface area contributed by atoms with Gasteiger partial charge in [-0.2, -0.15) is 0 Å². The van der Waals surface area contributed by atoms with Gasteiger partial charge in [-0.1, -0.05) is 36.4 Å². The first kappa shape index (κ1) is 22.7. The van der Waals surface area contributed by atoms with Gasteiger partial charge in [-0.15, -0.1) is 0 Å². The van der Waals surface area contributed by atoms with E-state index in [0.717, 1.165) is 11.1 Å². The molecule has 2 amide bonds. The smallest absolute Gasteiger partial charge is 0.308 e. The summed E-state index contributed by atoms with van der Waals surface area (Å²) < 4.78 is 18.0. The van der Waals surface area contributed by atoms with Crippen molar-refractivity contribution in [3.05, 3.63) is 95.3 Å². The van der Waals surface area contributed by atoms with Gasteiger partial charge in [-0.3, -0.25) is 14.4 Å². The lowest BCUT2D eigenvalue weighted by molar-refractivity contribution is -0.131. The number of rotatable bonds is 8. The second-order valence-electron chi connectivity index (χ2n) is 7.14. The molecule has 0 radical (unpaired) electrons. The number of halogens is 1. The highest BCUT2D eigenvalue weighted by atomic mass is 19.1. The number of amides is 2. The zero-order valence-corrected chi connectivity index (χ0v) is 17.6. The molecule has 3 rings (SSSR count). The van der Waals surface area contributed by atoms with Crippen LogP contribution in [0.25, 0.3) is 0 Å². The molecule has 0 aliphatic rings. The lowest BCUT2D eigenvalue weighted by Gasteiger charge is -2.12. The Labute approximate surface area is 185 Å². The van der Waals surface area contributed by atoms with Crippen LogP contribution in [0.1, 0.15) is 34.8 Å². The number of ether oxygens (including phenoxy) is 1. The quantitative estimate of drug-likeness (QED) is 0.410. The Morgan fingerprint density at radius 1 is 0.938 bits per heavy atom. The van der Waals surface area contributed by atoms with Crippen LogP contribution in [-0.4, -0.2) is 17.8 Å². The third-order valence-electron chi connectivity index (χ3n) is 4.64. The van der Waals surface area contributed by atoms with E-state index in [2.05, 4.69) is 10.6 Å². The fourth-order valence-corrected chi connectivity index (χ4v) is 3.06. The van der Waals surface area contributed by atoms with Gasteiger partial charge in [0.2, 0.25) is 5.91 Å². The molecule has 0 aromatic heterocycles. The Morgan fingerprint density at radius 3 is 2.44 bits per heavy atom. The Balaban J connectivity index is 1.57. The van der Waals surface area contributed by atoms with Gasteiger partial charge in [0.15, 0.2) is 0 Å². The molecule has 0 aliphatic carbocycles. The number of hydrogen-bond acceptors (Lipinski definition) is 4. The molecule has 0 heterocycles. The predicted molar refractivity (Wildman–Crippen MR) is 119 cm³/mol. The average molecular weight is 434 g/mol. The van der Waals surface area contributed by atoms with Crippen LogP contribution in [0.3, 0.4) is 0 Å². The fourth-order valence-electron chi connectivity index (χ4n) is 3.06. The van der Waals surface area contributed by atoms with Crippen molar-refractivity contribution in [1.82, 2.24) is 5.32 Å². The van der Waals surface area contributed by atoms with Gasteiger partial charge in [0, 0.05) is 31.1 Å². The van der Waals surface area contributed by atoms with E-state index in [4.69, 9.17) is 4.74 Å². The second kappa shape index (κ2) is 10.9. The third kappa shape index (κ3) is 6.77. The van der Waals surface area contributed by atoms with Crippen LogP contribution in [0.2, 0.25) is 0 Å². The number of anilines is 1. The van der Waals surface area contributed by atoms with E-state index in [1.165, 1.54) is 25.1 Å². The van der Waals surface area contributed by atoms with Crippen LogP contribution >= 0.6 is 0 Å². The van der Waals surface area contributed by atoms with E-state index < -0.39 is 5.97 Å². The van der Waals surface area contributed by atoms with Gasteiger partial charge in [-0.05, 0) is 53.9 Å². The summed E-state index contributed by atoms with van der Waals surface area (Å²) in [7, 11) is 0. The van der Waals surface area contributed by atoms with Gasteiger partial charge in [0.1, 0.15) is 11.6 Å². The van der Waals surface area contributed by atoms with Crippen molar-refractivity contribution in [2.75, 3.05) is 5.32 Å². The van der Waals surface area contributed by atoms with Crippen molar-refractivity contribution in [3.8, 4) is 5.75 Å². The van der Waals surface area contributed by atoms with E-state index in [1.54, 1.807) is 42.5 Å². The largest absolute Gasteiger partial charge is 0.427 e. The van der Waals surface area contributed by atoms with E-state index in [-0.39, 0.29) is 30.6 Å². The molecule has 0 saturated heterocycles. The first-order valence-electron chi connectivity index (χ1n) is 10.1. The number of hydrogen-bond donors (Lipinski definition) is 2. The van der Waals surface area contributed by atoms with Crippen molar-refractivity contribution in [3.63, 3.8) is 0 Å². The molecule has 0 aliphatic heterocycles. The van der Waals surface area contributed by atoms with Gasteiger partial charge < -0.3 is 15.4 Å². The number of carbonyl (C=O) groups is 3. The second-order valence-corrected chi connectivity index (χ2v) is 7.14. The first-order valence-corrected chi connectivity index (χ1v) is 10.1. The average Bonchev–Trinajstić information content (AvgIpc) is 2.77. The fraction of sp³-hybridized carbons (Fsp3) is 0.160. The highest BCUT2D eigenvalue weighted by Crippen LogP contribution is 2.17. The van der Waals surface area contributed by atoms with Crippen molar-refractivity contribution < 1.29 is 23.5 Å². The van der Waals surface area contributed by atoms with E-state index in [0.29, 0.717) is 23.4 Å². The molecule has 32 heavy (non-hydrogen) atoms. The molecule has 0 saturated carbocycles. The Hall–Kier alpha value is -4.00. The molecular weight excluding hydrogens is 411 g/mol. The summed E-state index contributed by atoms with van der Waals surface area (Å²) in [6.45, 7) is 1.49. The zero-order chi connectivity index (χ0) is 22.9. The molecule has 0 atom stereocenters. The minimum Gasteiger partial charge on any atom is -0.427 e. The summed E-state index contributed by atoms with van der Waals surface area (Å²) >= 11 is 0. The first-order chi connectivity index (χ1) is 15.4. The molecule has 6 nitrogen and oxygen atoms in total. The van der Waals surface area contributed by atoms with Gasteiger partial charge in [0.25, 0.3) is 5.91 Å². The monoisotopic (exact) mass is 434 g/mol. The topological polar surface area (TPSA) is 84.5 Å². The van der Waals surface area contributed by atoms with Gasteiger partial charge in [-0.25, -0.2) is 4.39 Å². The summed E-state index contributed by atoms with van der Waals surface area (Å²) in [5.41, 5.74) is 2.57. The van der Waals surface area contributed by atoms with Crippen LogP contribution in [0.5, 0.6) is 5.75 Å². The zero-order valence-electron chi connectivity index (χ0n) is 17.6. The van der Waals surface area contributed by atoms with Crippen LogP contribution in [0.4, 0.5) is 10.1 Å². The summed E-state index contributed by atoms with van der Waals surface area (Å²) in [4.78, 5) is 36.0. The summed E-state index contributed by atoms with van der Waals surface area (Å²) in [5, 5.41) is 5.67. The van der Waals surface area contributed by atoms with E-state index in [9.17, 15) is 18.8 Å². The molecule has 0 unspecified atom stereocenters.